The molecule has 0 unspecified atom stereocenters. The van der Waals surface area contributed by atoms with E-state index in [1.807, 2.05) is 38.2 Å². The molecule has 0 saturated heterocycles. The van der Waals surface area contributed by atoms with E-state index in [2.05, 4.69) is 0 Å². The molecule has 0 aliphatic heterocycles. The zero-order valence-corrected chi connectivity index (χ0v) is 12.7. The topological polar surface area (TPSA) is 46.3 Å². The highest BCUT2D eigenvalue weighted by atomic mass is 35.5. The van der Waals surface area contributed by atoms with Gasteiger partial charge in [-0.1, -0.05) is 25.0 Å². The zero-order chi connectivity index (χ0) is 13.4. The molecule has 0 saturated carbocycles. The number of halogens is 1. The van der Waals surface area contributed by atoms with Crippen molar-refractivity contribution in [1.82, 2.24) is 0 Å². The lowest BCUT2D eigenvalue weighted by atomic mass is 10.1. The molecule has 1 rings (SSSR count). The Morgan fingerprint density at radius 2 is 1.89 bits per heavy atom. The van der Waals surface area contributed by atoms with Gasteiger partial charge in [-0.25, -0.2) is 0 Å². The van der Waals surface area contributed by atoms with Gasteiger partial charge in [0.15, 0.2) is 0 Å². The van der Waals surface area contributed by atoms with Crippen LogP contribution in [0.15, 0.2) is 24.3 Å². The van der Waals surface area contributed by atoms with Crippen molar-refractivity contribution in [3.05, 3.63) is 29.8 Å². The van der Waals surface area contributed by atoms with Crippen molar-refractivity contribution in [2.75, 3.05) is 18.5 Å². The maximum Gasteiger partial charge on any atom is 0.226 e. The molecule has 0 atom stereocenters. The summed E-state index contributed by atoms with van der Waals surface area (Å²) in [4.78, 5) is 13.7. The Hall–Kier alpha value is -1.06. The molecule has 1 aromatic rings. The van der Waals surface area contributed by atoms with Gasteiger partial charge >= 0.3 is 0 Å². The Morgan fingerprint density at radius 1 is 1.21 bits per heavy atom. The molecule has 0 bridgehead atoms. The van der Waals surface area contributed by atoms with Crippen LogP contribution in [0.5, 0.6) is 0 Å². The fourth-order valence-electron chi connectivity index (χ4n) is 1.92. The third kappa shape index (κ3) is 6.60. The molecule has 19 heavy (non-hydrogen) atoms. The van der Waals surface area contributed by atoms with E-state index in [0.29, 0.717) is 6.42 Å². The maximum absolute atomic E-state index is 12.0. The van der Waals surface area contributed by atoms with Gasteiger partial charge in [0.05, 0.1) is 0 Å². The Bertz CT molecular complexity index is 382. The molecule has 1 amide bonds. The van der Waals surface area contributed by atoms with Crippen molar-refractivity contribution >= 4 is 24.0 Å². The second-order valence-electron chi connectivity index (χ2n) is 4.74. The number of benzene rings is 1. The molecule has 0 radical (unpaired) electrons. The predicted octanol–water partition coefficient (Wildman–Crippen LogP) is 3.29. The van der Waals surface area contributed by atoms with Crippen LogP contribution in [0.25, 0.3) is 0 Å². The second-order valence-corrected chi connectivity index (χ2v) is 4.74. The number of rotatable bonds is 7. The van der Waals surface area contributed by atoms with Crippen molar-refractivity contribution in [3.8, 4) is 0 Å². The third-order valence-corrected chi connectivity index (χ3v) is 3.11. The number of nitrogens with two attached hydrogens (primary N) is 1. The van der Waals surface area contributed by atoms with Gasteiger partial charge in [0.25, 0.3) is 0 Å². The maximum atomic E-state index is 12.0. The summed E-state index contributed by atoms with van der Waals surface area (Å²) >= 11 is 0. The van der Waals surface area contributed by atoms with Gasteiger partial charge in [0.1, 0.15) is 0 Å². The fourth-order valence-corrected chi connectivity index (χ4v) is 1.92. The lowest BCUT2D eigenvalue weighted by Crippen LogP contribution is -2.25. The van der Waals surface area contributed by atoms with Crippen LogP contribution in [0.2, 0.25) is 0 Å². The highest BCUT2D eigenvalue weighted by molar-refractivity contribution is 5.92. The number of hydrogen-bond acceptors (Lipinski definition) is 2. The Morgan fingerprint density at radius 3 is 2.53 bits per heavy atom. The van der Waals surface area contributed by atoms with Gasteiger partial charge in [-0.05, 0) is 44.0 Å². The van der Waals surface area contributed by atoms with Crippen LogP contribution in [0, 0.1) is 6.92 Å². The van der Waals surface area contributed by atoms with Crippen molar-refractivity contribution in [2.24, 2.45) is 5.73 Å². The number of anilines is 1. The highest BCUT2D eigenvalue weighted by Crippen LogP contribution is 2.16. The minimum atomic E-state index is 0. The van der Waals surface area contributed by atoms with Crippen molar-refractivity contribution in [2.45, 2.75) is 39.0 Å². The molecule has 0 spiro atoms. The van der Waals surface area contributed by atoms with Crippen LogP contribution in [-0.2, 0) is 4.79 Å². The van der Waals surface area contributed by atoms with E-state index < -0.39 is 0 Å². The molecular weight excluding hydrogens is 260 g/mol. The summed E-state index contributed by atoms with van der Waals surface area (Å²) in [5.41, 5.74) is 7.58. The van der Waals surface area contributed by atoms with Gasteiger partial charge in [-0.3, -0.25) is 4.79 Å². The minimum absolute atomic E-state index is 0. The first-order chi connectivity index (χ1) is 8.65. The van der Waals surface area contributed by atoms with Crippen molar-refractivity contribution < 1.29 is 4.79 Å². The van der Waals surface area contributed by atoms with E-state index in [0.717, 1.165) is 37.9 Å². The van der Waals surface area contributed by atoms with E-state index >= 15 is 0 Å². The summed E-state index contributed by atoms with van der Waals surface area (Å²) in [6, 6.07) is 8.02. The smallest absolute Gasteiger partial charge is 0.226 e. The average Bonchev–Trinajstić information content (AvgIpc) is 2.37. The average molecular weight is 285 g/mol. The van der Waals surface area contributed by atoms with E-state index in [-0.39, 0.29) is 18.3 Å². The normalized spacial score (nSPS) is 9.84. The lowest BCUT2D eigenvalue weighted by Gasteiger charge is -2.17. The van der Waals surface area contributed by atoms with Crippen LogP contribution in [0.4, 0.5) is 5.69 Å². The summed E-state index contributed by atoms with van der Waals surface area (Å²) in [6.45, 7) is 2.78. The second kappa shape index (κ2) is 9.82. The van der Waals surface area contributed by atoms with Crippen LogP contribution in [0.3, 0.4) is 0 Å². The molecule has 0 fully saturated rings. The number of amides is 1. The molecule has 1 aromatic carbocycles. The molecule has 108 valence electrons. The van der Waals surface area contributed by atoms with Crippen LogP contribution < -0.4 is 10.6 Å². The van der Waals surface area contributed by atoms with E-state index in [4.69, 9.17) is 5.73 Å². The van der Waals surface area contributed by atoms with Crippen LogP contribution in [0.1, 0.15) is 37.7 Å². The number of hydrogen-bond donors (Lipinski definition) is 1. The summed E-state index contributed by atoms with van der Waals surface area (Å²) in [6.07, 6.45) is 4.84. The number of unbranched alkanes of at least 4 members (excludes halogenated alkanes) is 3. The monoisotopic (exact) mass is 284 g/mol. The molecular formula is C15H25ClN2O. The molecule has 4 heteroatoms. The summed E-state index contributed by atoms with van der Waals surface area (Å²) < 4.78 is 0. The van der Waals surface area contributed by atoms with E-state index in [9.17, 15) is 4.79 Å². The summed E-state index contributed by atoms with van der Waals surface area (Å²) in [5, 5.41) is 0. The van der Waals surface area contributed by atoms with Crippen molar-refractivity contribution in [3.63, 3.8) is 0 Å². The Balaban J connectivity index is 0.00000324. The Labute approximate surface area is 122 Å². The van der Waals surface area contributed by atoms with Crippen LogP contribution in [-0.4, -0.2) is 19.5 Å². The number of carbonyl (C=O) groups excluding carboxylic acids is 1. The predicted molar refractivity (Wildman–Crippen MR) is 84.0 cm³/mol. The first kappa shape index (κ1) is 17.9. The SMILES string of the molecule is Cc1cccc(N(C)C(=O)CCCCCCN)c1.Cl. The van der Waals surface area contributed by atoms with Gasteiger partial charge < -0.3 is 10.6 Å². The summed E-state index contributed by atoms with van der Waals surface area (Å²) in [5.74, 6) is 0.188. The molecule has 0 aliphatic carbocycles. The standard InChI is InChI=1S/C15H24N2O.ClH/c1-13-8-7-9-14(12-13)17(2)15(18)10-5-3-4-6-11-16;/h7-9,12H,3-6,10-11,16H2,1-2H3;1H. The molecule has 0 aliphatic rings. The first-order valence-electron chi connectivity index (χ1n) is 6.68. The quantitative estimate of drug-likeness (QED) is 0.781. The first-order valence-corrected chi connectivity index (χ1v) is 6.68. The van der Waals surface area contributed by atoms with Crippen molar-refractivity contribution in [1.29, 1.82) is 0 Å². The summed E-state index contributed by atoms with van der Waals surface area (Å²) in [7, 11) is 1.84. The zero-order valence-electron chi connectivity index (χ0n) is 11.9. The number of nitrogens with zero attached hydrogens (tertiary/aromatic N) is 1. The molecule has 0 aromatic heterocycles. The van der Waals surface area contributed by atoms with E-state index in [1.165, 1.54) is 5.56 Å². The van der Waals surface area contributed by atoms with E-state index in [1.54, 1.807) is 4.90 Å². The van der Waals surface area contributed by atoms with Gasteiger partial charge in [0.2, 0.25) is 5.91 Å². The third-order valence-electron chi connectivity index (χ3n) is 3.11. The fraction of sp³-hybridized carbons (Fsp3) is 0.533. The lowest BCUT2D eigenvalue weighted by molar-refractivity contribution is -0.118. The van der Waals surface area contributed by atoms with Gasteiger partial charge in [-0.2, -0.15) is 0 Å². The number of aryl methyl sites for hydroxylation is 1. The Kier molecular flexibility index (Phi) is 9.27. The highest BCUT2D eigenvalue weighted by Gasteiger charge is 2.10. The van der Waals surface area contributed by atoms with Gasteiger partial charge in [-0.15, -0.1) is 12.4 Å². The largest absolute Gasteiger partial charge is 0.330 e. The molecule has 0 heterocycles. The molecule has 3 nitrogen and oxygen atoms in total. The minimum Gasteiger partial charge on any atom is -0.330 e. The number of carbonyl (C=O) groups is 1. The van der Waals surface area contributed by atoms with Crippen LogP contribution >= 0.6 is 12.4 Å². The van der Waals surface area contributed by atoms with Gasteiger partial charge in [0, 0.05) is 19.2 Å². The molecule has 2 N–H and O–H groups in total.